The molecule has 4 heteroatoms. The molecule has 19 heavy (non-hydrogen) atoms. The van der Waals surface area contributed by atoms with E-state index >= 15 is 0 Å². The molecule has 2 rings (SSSR count). The minimum atomic E-state index is -0.0993. The predicted octanol–water partition coefficient (Wildman–Crippen LogP) is 3.83. The molecule has 0 radical (unpaired) electrons. The number of nitrogens with one attached hydrogen (secondary N) is 2. The van der Waals surface area contributed by atoms with E-state index in [-0.39, 0.29) is 11.9 Å². The average Bonchev–Trinajstić information content (AvgIpc) is 2.85. The summed E-state index contributed by atoms with van der Waals surface area (Å²) in [6.45, 7) is 4.11. The molecular weight excluding hydrogens is 304 g/mol. The lowest BCUT2D eigenvalue weighted by atomic mass is 10.0. The third-order valence-electron chi connectivity index (χ3n) is 3.13. The maximum absolute atomic E-state index is 12.0. The Bertz CT molecular complexity index is 560. The first-order valence-electron chi connectivity index (χ1n) is 6.33. The van der Waals surface area contributed by atoms with Gasteiger partial charge in [0.15, 0.2) is 0 Å². The van der Waals surface area contributed by atoms with Gasteiger partial charge in [-0.15, -0.1) is 0 Å². The number of rotatable bonds is 4. The van der Waals surface area contributed by atoms with Crippen LogP contribution in [0.15, 0.2) is 41.0 Å². The van der Waals surface area contributed by atoms with Crippen LogP contribution in [0, 0.1) is 0 Å². The molecule has 1 unspecified atom stereocenters. The van der Waals surface area contributed by atoms with Crippen molar-refractivity contribution in [2.24, 2.45) is 0 Å². The Morgan fingerprint density at radius 1 is 1.37 bits per heavy atom. The molecular formula is C15H17BrN2O. The van der Waals surface area contributed by atoms with Gasteiger partial charge in [-0.3, -0.25) is 4.79 Å². The summed E-state index contributed by atoms with van der Waals surface area (Å²) in [6.07, 6.45) is 2.77. The van der Waals surface area contributed by atoms with E-state index in [4.69, 9.17) is 0 Å². The van der Waals surface area contributed by atoms with Crippen molar-refractivity contribution >= 4 is 21.8 Å². The van der Waals surface area contributed by atoms with Crippen molar-refractivity contribution in [3.05, 3.63) is 57.8 Å². The van der Waals surface area contributed by atoms with Crippen LogP contribution < -0.4 is 5.32 Å². The van der Waals surface area contributed by atoms with Crippen LogP contribution in [-0.2, 0) is 6.42 Å². The van der Waals surface area contributed by atoms with Gasteiger partial charge in [0.25, 0.3) is 5.91 Å². The number of aromatic nitrogens is 1. The smallest absolute Gasteiger partial charge is 0.268 e. The van der Waals surface area contributed by atoms with Gasteiger partial charge in [-0.2, -0.15) is 0 Å². The van der Waals surface area contributed by atoms with Gasteiger partial charge in [-0.1, -0.05) is 31.2 Å². The lowest BCUT2D eigenvalue weighted by molar-refractivity contribution is 0.0935. The van der Waals surface area contributed by atoms with Crippen molar-refractivity contribution in [2.45, 2.75) is 26.3 Å². The summed E-state index contributed by atoms with van der Waals surface area (Å²) in [5.41, 5.74) is 2.97. The van der Waals surface area contributed by atoms with Crippen LogP contribution in [0.5, 0.6) is 0 Å². The van der Waals surface area contributed by atoms with Gasteiger partial charge in [0.2, 0.25) is 0 Å². The highest BCUT2D eigenvalue weighted by atomic mass is 79.9. The first-order chi connectivity index (χ1) is 9.10. The molecule has 0 aliphatic rings. The fourth-order valence-electron chi connectivity index (χ4n) is 1.90. The Morgan fingerprint density at radius 2 is 2.05 bits per heavy atom. The number of hydrogen-bond donors (Lipinski definition) is 2. The number of carbonyl (C=O) groups is 1. The van der Waals surface area contributed by atoms with Crippen molar-refractivity contribution in [3.8, 4) is 0 Å². The molecule has 0 saturated carbocycles. The summed E-state index contributed by atoms with van der Waals surface area (Å²) in [5, 5.41) is 2.97. The van der Waals surface area contributed by atoms with E-state index in [1.54, 1.807) is 12.3 Å². The zero-order valence-electron chi connectivity index (χ0n) is 11.0. The minimum Gasteiger partial charge on any atom is -0.356 e. The fraction of sp³-hybridized carbons (Fsp3) is 0.267. The third-order valence-corrected chi connectivity index (χ3v) is 3.59. The molecule has 0 fully saturated rings. The molecule has 2 N–H and O–H groups in total. The van der Waals surface area contributed by atoms with E-state index in [0.717, 1.165) is 16.5 Å². The number of carbonyl (C=O) groups excluding carboxylic acids is 1. The quantitative estimate of drug-likeness (QED) is 0.883. The highest BCUT2D eigenvalue weighted by Gasteiger charge is 2.12. The fourth-order valence-corrected chi connectivity index (χ4v) is 2.24. The van der Waals surface area contributed by atoms with E-state index in [1.807, 2.05) is 6.92 Å². The molecule has 1 aromatic carbocycles. The van der Waals surface area contributed by atoms with Crippen molar-refractivity contribution < 1.29 is 4.79 Å². The molecule has 1 atom stereocenters. The molecule has 2 aromatic rings. The second kappa shape index (κ2) is 6.06. The van der Waals surface area contributed by atoms with Crippen LogP contribution in [0.1, 0.15) is 41.5 Å². The standard InChI is InChI=1S/C15H17BrN2O/c1-3-11-4-6-12(7-5-11)10(2)18-15(19)14-8-13(16)9-17-14/h4-10,17H,3H2,1-2H3,(H,18,19). The summed E-state index contributed by atoms with van der Waals surface area (Å²) in [5.74, 6) is -0.0993. The number of aromatic amines is 1. The summed E-state index contributed by atoms with van der Waals surface area (Å²) in [6, 6.07) is 10.1. The molecule has 0 aliphatic carbocycles. The summed E-state index contributed by atoms with van der Waals surface area (Å²) in [4.78, 5) is 14.9. The first-order valence-corrected chi connectivity index (χ1v) is 7.13. The van der Waals surface area contributed by atoms with Crippen molar-refractivity contribution in [3.63, 3.8) is 0 Å². The topological polar surface area (TPSA) is 44.9 Å². The number of halogens is 1. The maximum Gasteiger partial charge on any atom is 0.268 e. The number of amides is 1. The Balaban J connectivity index is 2.03. The Morgan fingerprint density at radius 3 is 2.58 bits per heavy atom. The lowest BCUT2D eigenvalue weighted by Crippen LogP contribution is -2.26. The predicted molar refractivity (Wildman–Crippen MR) is 80.2 cm³/mol. The Hall–Kier alpha value is -1.55. The molecule has 100 valence electrons. The number of benzene rings is 1. The maximum atomic E-state index is 12.0. The number of H-pyrrole nitrogens is 1. The van der Waals surface area contributed by atoms with Crippen molar-refractivity contribution in [1.29, 1.82) is 0 Å². The van der Waals surface area contributed by atoms with Gasteiger partial charge in [-0.05, 0) is 46.5 Å². The van der Waals surface area contributed by atoms with E-state index in [1.165, 1.54) is 5.56 Å². The summed E-state index contributed by atoms with van der Waals surface area (Å²) in [7, 11) is 0. The highest BCUT2D eigenvalue weighted by Crippen LogP contribution is 2.15. The van der Waals surface area contributed by atoms with Gasteiger partial charge in [-0.25, -0.2) is 0 Å². The summed E-state index contributed by atoms with van der Waals surface area (Å²) >= 11 is 3.32. The molecule has 1 heterocycles. The highest BCUT2D eigenvalue weighted by molar-refractivity contribution is 9.10. The van der Waals surface area contributed by atoms with Crippen LogP contribution >= 0.6 is 15.9 Å². The normalized spacial score (nSPS) is 12.2. The molecule has 0 bridgehead atoms. The average molecular weight is 321 g/mol. The second-order valence-corrected chi connectivity index (χ2v) is 5.44. The number of hydrogen-bond acceptors (Lipinski definition) is 1. The largest absolute Gasteiger partial charge is 0.356 e. The molecule has 0 aliphatic heterocycles. The van der Waals surface area contributed by atoms with E-state index in [9.17, 15) is 4.79 Å². The van der Waals surface area contributed by atoms with Crippen LogP contribution in [0.3, 0.4) is 0 Å². The zero-order valence-corrected chi connectivity index (χ0v) is 12.6. The lowest BCUT2D eigenvalue weighted by Gasteiger charge is -2.14. The Kier molecular flexibility index (Phi) is 4.43. The monoisotopic (exact) mass is 320 g/mol. The molecule has 1 aromatic heterocycles. The van der Waals surface area contributed by atoms with Crippen LogP contribution in [0.2, 0.25) is 0 Å². The second-order valence-electron chi connectivity index (χ2n) is 4.52. The number of aryl methyl sites for hydroxylation is 1. The molecule has 3 nitrogen and oxygen atoms in total. The third kappa shape index (κ3) is 3.47. The van der Waals surface area contributed by atoms with Gasteiger partial charge in [0.1, 0.15) is 5.69 Å². The van der Waals surface area contributed by atoms with Gasteiger partial charge in [0.05, 0.1) is 6.04 Å². The van der Waals surface area contributed by atoms with Crippen molar-refractivity contribution in [2.75, 3.05) is 0 Å². The Labute approximate surface area is 121 Å². The van der Waals surface area contributed by atoms with Crippen LogP contribution in [-0.4, -0.2) is 10.9 Å². The molecule has 1 amide bonds. The van der Waals surface area contributed by atoms with E-state index in [2.05, 4.69) is 57.4 Å². The first kappa shape index (κ1) is 13.9. The van der Waals surface area contributed by atoms with Crippen LogP contribution in [0.25, 0.3) is 0 Å². The zero-order chi connectivity index (χ0) is 13.8. The SMILES string of the molecule is CCc1ccc(C(C)NC(=O)c2cc(Br)c[nH]2)cc1. The van der Waals surface area contributed by atoms with Gasteiger partial charge >= 0.3 is 0 Å². The minimum absolute atomic E-state index is 0.0134. The summed E-state index contributed by atoms with van der Waals surface area (Å²) < 4.78 is 0.873. The van der Waals surface area contributed by atoms with Gasteiger partial charge < -0.3 is 10.3 Å². The van der Waals surface area contributed by atoms with E-state index in [0.29, 0.717) is 5.69 Å². The van der Waals surface area contributed by atoms with Crippen LogP contribution in [0.4, 0.5) is 0 Å². The molecule has 0 saturated heterocycles. The van der Waals surface area contributed by atoms with E-state index < -0.39 is 0 Å². The van der Waals surface area contributed by atoms with Gasteiger partial charge in [0, 0.05) is 10.7 Å². The molecule has 0 spiro atoms. The van der Waals surface area contributed by atoms with Crippen molar-refractivity contribution in [1.82, 2.24) is 10.3 Å².